The van der Waals surface area contributed by atoms with Gasteiger partial charge in [-0.2, -0.15) is 26.3 Å². The Balaban J connectivity index is 2.33. The fraction of sp³-hybridized carbons (Fsp3) is 0.458. The van der Waals surface area contributed by atoms with Gasteiger partial charge in [-0.1, -0.05) is 18.2 Å². The minimum Gasteiger partial charge on any atom is -0.483 e. The van der Waals surface area contributed by atoms with Crippen LogP contribution in [0.3, 0.4) is 0 Å². The van der Waals surface area contributed by atoms with E-state index in [1.165, 1.54) is 58.0 Å². The molecule has 0 unspecified atom stereocenters. The van der Waals surface area contributed by atoms with Crippen LogP contribution in [-0.4, -0.2) is 51.4 Å². The van der Waals surface area contributed by atoms with E-state index in [1.807, 2.05) is 0 Å². The van der Waals surface area contributed by atoms with Gasteiger partial charge in [-0.05, 0) is 51.5 Å². The number of carbonyl (C=O) groups excluding carboxylic acids is 1. The van der Waals surface area contributed by atoms with E-state index in [9.17, 15) is 41.0 Å². The third-order valence-electron chi connectivity index (χ3n) is 5.24. The van der Waals surface area contributed by atoms with Crippen LogP contribution in [0, 0.1) is 0 Å². The van der Waals surface area contributed by atoms with Gasteiger partial charge in [0.15, 0.2) is 6.61 Å². The molecule has 0 aliphatic carbocycles. The van der Waals surface area contributed by atoms with Gasteiger partial charge in [0.05, 0.1) is 23.5 Å². The second-order valence-corrected chi connectivity index (χ2v) is 9.25. The predicted molar refractivity (Wildman–Crippen MR) is 121 cm³/mol. The van der Waals surface area contributed by atoms with Crippen LogP contribution in [0.2, 0.25) is 0 Å². The van der Waals surface area contributed by atoms with Crippen molar-refractivity contribution in [1.29, 1.82) is 0 Å². The Bertz CT molecular complexity index is 1080. The molecule has 2 amide bonds. The van der Waals surface area contributed by atoms with E-state index >= 15 is 0 Å². The number of benzene rings is 1. The average Bonchev–Trinajstić information content (AvgIpc) is 2.75. The lowest BCUT2D eigenvalue weighted by molar-refractivity contribution is -0.153. The largest absolute Gasteiger partial charge is 0.483 e. The first-order valence-electron chi connectivity index (χ1n) is 11.0. The Hall–Kier alpha value is -3.51. The molecule has 0 radical (unpaired) electrons. The number of pyridine rings is 1. The summed E-state index contributed by atoms with van der Waals surface area (Å²) in [5.74, 6) is -1.04. The SMILES string of the molecule is C[C@@H](NC(=O)[C@@H](Cc1ccccc1C(F)(F)F)N(C(=O)O)C(C)(C)C)c1ccc(OCC(F)(F)F)cn1. The molecule has 0 aliphatic rings. The standard InChI is InChI=1S/C24H27F6N3O4/c1-14(18-10-9-16(12-31-18)37-13-23(25,26)27)32-20(34)19(33(21(35)36)22(2,3)4)11-15-7-5-6-8-17(15)24(28,29)30/h5-10,12,14,19H,11,13H2,1-4H3,(H,32,34)(H,35,36)/t14-,19-/m1/s1. The van der Waals surface area contributed by atoms with Crippen LogP contribution in [0.1, 0.15) is 50.6 Å². The van der Waals surface area contributed by atoms with Crippen molar-refractivity contribution in [3.05, 3.63) is 59.4 Å². The Kier molecular flexibility index (Phi) is 9.04. The van der Waals surface area contributed by atoms with Gasteiger partial charge in [0, 0.05) is 12.0 Å². The fourth-order valence-corrected chi connectivity index (χ4v) is 3.65. The highest BCUT2D eigenvalue weighted by molar-refractivity contribution is 5.86. The lowest BCUT2D eigenvalue weighted by Gasteiger charge is -2.39. The van der Waals surface area contributed by atoms with E-state index in [0.29, 0.717) is 0 Å². The molecule has 0 saturated heterocycles. The zero-order chi connectivity index (χ0) is 28.2. The number of rotatable bonds is 8. The van der Waals surface area contributed by atoms with Crippen molar-refractivity contribution in [1.82, 2.24) is 15.2 Å². The highest BCUT2D eigenvalue weighted by atomic mass is 19.4. The number of alkyl halides is 6. The van der Waals surface area contributed by atoms with Gasteiger partial charge in [-0.3, -0.25) is 14.7 Å². The van der Waals surface area contributed by atoms with E-state index in [-0.39, 0.29) is 17.0 Å². The zero-order valence-corrected chi connectivity index (χ0v) is 20.4. The molecule has 0 spiro atoms. The van der Waals surface area contributed by atoms with Gasteiger partial charge >= 0.3 is 18.4 Å². The number of aromatic nitrogens is 1. The smallest absolute Gasteiger partial charge is 0.422 e. The summed E-state index contributed by atoms with van der Waals surface area (Å²) in [6, 6.07) is 4.69. The summed E-state index contributed by atoms with van der Waals surface area (Å²) < 4.78 is 82.2. The van der Waals surface area contributed by atoms with E-state index in [1.54, 1.807) is 0 Å². The number of hydrogen-bond donors (Lipinski definition) is 2. The maximum absolute atomic E-state index is 13.6. The Morgan fingerprint density at radius 3 is 2.16 bits per heavy atom. The average molecular weight is 535 g/mol. The van der Waals surface area contributed by atoms with Crippen molar-refractivity contribution < 1.29 is 45.8 Å². The second kappa shape index (κ2) is 11.3. The van der Waals surface area contributed by atoms with Crippen LogP contribution in [-0.2, 0) is 17.4 Å². The molecule has 0 aliphatic heterocycles. The van der Waals surface area contributed by atoms with Gasteiger partial charge in [-0.15, -0.1) is 0 Å². The molecule has 37 heavy (non-hydrogen) atoms. The number of nitrogens with zero attached hydrogens (tertiary/aromatic N) is 2. The monoisotopic (exact) mass is 535 g/mol. The van der Waals surface area contributed by atoms with Gasteiger partial charge in [0.1, 0.15) is 11.8 Å². The minimum atomic E-state index is -4.72. The molecule has 13 heteroatoms. The molecule has 0 bridgehead atoms. The highest BCUT2D eigenvalue weighted by Crippen LogP contribution is 2.33. The maximum Gasteiger partial charge on any atom is 0.422 e. The van der Waals surface area contributed by atoms with Gasteiger partial charge in [-0.25, -0.2) is 4.79 Å². The first-order valence-corrected chi connectivity index (χ1v) is 11.0. The van der Waals surface area contributed by atoms with Crippen LogP contribution >= 0.6 is 0 Å². The summed E-state index contributed by atoms with van der Waals surface area (Å²) in [6.45, 7) is 4.48. The van der Waals surface area contributed by atoms with Crippen LogP contribution in [0.5, 0.6) is 5.75 Å². The lowest BCUT2D eigenvalue weighted by atomic mass is 9.94. The first kappa shape index (κ1) is 29.7. The second-order valence-electron chi connectivity index (χ2n) is 9.25. The third kappa shape index (κ3) is 8.53. The molecule has 2 rings (SSSR count). The Labute approximate surface area is 209 Å². The predicted octanol–water partition coefficient (Wildman–Crippen LogP) is 5.61. The van der Waals surface area contributed by atoms with E-state index in [4.69, 9.17) is 0 Å². The van der Waals surface area contributed by atoms with Crippen molar-refractivity contribution in [3.63, 3.8) is 0 Å². The quantitative estimate of drug-likeness (QED) is 0.429. The summed E-state index contributed by atoms with van der Waals surface area (Å²) in [4.78, 5) is 30.1. The molecular weight excluding hydrogens is 508 g/mol. The van der Waals surface area contributed by atoms with E-state index < -0.39 is 60.6 Å². The van der Waals surface area contributed by atoms with Crippen LogP contribution in [0.15, 0.2) is 42.6 Å². The molecule has 2 atom stereocenters. The molecule has 2 aromatic rings. The zero-order valence-electron chi connectivity index (χ0n) is 20.4. The van der Waals surface area contributed by atoms with Crippen molar-refractivity contribution in [2.45, 2.75) is 64.1 Å². The van der Waals surface area contributed by atoms with Crippen LogP contribution in [0.25, 0.3) is 0 Å². The number of amides is 2. The Morgan fingerprint density at radius 2 is 1.68 bits per heavy atom. The molecule has 1 heterocycles. The summed E-state index contributed by atoms with van der Waals surface area (Å²) >= 11 is 0. The van der Waals surface area contributed by atoms with Crippen molar-refractivity contribution in [3.8, 4) is 5.75 Å². The molecule has 2 N–H and O–H groups in total. The third-order valence-corrected chi connectivity index (χ3v) is 5.24. The number of halogens is 6. The van der Waals surface area contributed by atoms with E-state index in [0.717, 1.165) is 17.2 Å². The fourth-order valence-electron chi connectivity index (χ4n) is 3.65. The van der Waals surface area contributed by atoms with Crippen molar-refractivity contribution >= 4 is 12.0 Å². The molecule has 1 aromatic carbocycles. The topological polar surface area (TPSA) is 91.8 Å². The van der Waals surface area contributed by atoms with E-state index in [2.05, 4.69) is 15.0 Å². The summed E-state index contributed by atoms with van der Waals surface area (Å²) in [6.07, 6.45) is -10.3. The number of carboxylic acid groups (broad SMARTS) is 1. The maximum atomic E-state index is 13.6. The lowest BCUT2D eigenvalue weighted by Crippen LogP contribution is -2.58. The van der Waals surface area contributed by atoms with Crippen LogP contribution in [0.4, 0.5) is 31.1 Å². The molecular formula is C24H27F6N3O4. The number of nitrogens with one attached hydrogen (secondary N) is 1. The Morgan fingerprint density at radius 1 is 1.05 bits per heavy atom. The molecule has 7 nitrogen and oxygen atoms in total. The molecule has 204 valence electrons. The van der Waals surface area contributed by atoms with Crippen LogP contribution < -0.4 is 10.1 Å². The number of carbonyl (C=O) groups is 2. The summed E-state index contributed by atoms with van der Waals surface area (Å²) in [5.41, 5.74) is -2.20. The number of hydrogen-bond acceptors (Lipinski definition) is 4. The summed E-state index contributed by atoms with van der Waals surface area (Å²) in [5, 5.41) is 12.4. The number of ether oxygens (including phenoxy) is 1. The normalized spacial score (nSPS) is 14.0. The summed E-state index contributed by atoms with van der Waals surface area (Å²) in [7, 11) is 0. The molecule has 0 saturated carbocycles. The van der Waals surface area contributed by atoms with Gasteiger partial charge < -0.3 is 15.2 Å². The highest BCUT2D eigenvalue weighted by Gasteiger charge is 2.40. The molecule has 1 aromatic heterocycles. The van der Waals surface area contributed by atoms with Crippen molar-refractivity contribution in [2.24, 2.45) is 0 Å². The first-order chi connectivity index (χ1) is 16.9. The van der Waals surface area contributed by atoms with Gasteiger partial charge in [0.2, 0.25) is 5.91 Å². The van der Waals surface area contributed by atoms with Gasteiger partial charge in [0.25, 0.3) is 0 Å². The van der Waals surface area contributed by atoms with Crippen molar-refractivity contribution in [2.75, 3.05) is 6.61 Å². The molecule has 0 fully saturated rings. The minimum absolute atomic E-state index is 0.161.